The van der Waals surface area contributed by atoms with Crippen LogP contribution in [0.1, 0.15) is 35.5 Å². The molecule has 2 aliphatic rings. The lowest BCUT2D eigenvalue weighted by atomic mass is 9.94. The molecule has 184 valence electrons. The Labute approximate surface area is 210 Å². The highest BCUT2D eigenvalue weighted by molar-refractivity contribution is 6.31. The van der Waals surface area contributed by atoms with E-state index in [2.05, 4.69) is 6.07 Å². The van der Waals surface area contributed by atoms with Crippen molar-refractivity contribution in [3.05, 3.63) is 100 Å². The summed E-state index contributed by atoms with van der Waals surface area (Å²) in [6, 6.07) is 23.6. The van der Waals surface area contributed by atoms with Crippen LogP contribution in [0.5, 0.6) is 5.75 Å². The second kappa shape index (κ2) is 11.1. The number of halogens is 1. The number of hydrogen-bond acceptors (Lipinski definition) is 6. The molecule has 6 nitrogen and oxygen atoms in total. The molecule has 0 spiro atoms. The van der Waals surface area contributed by atoms with Gasteiger partial charge >= 0.3 is 0 Å². The number of ether oxygens (including phenoxy) is 3. The van der Waals surface area contributed by atoms with Gasteiger partial charge < -0.3 is 19.3 Å². The lowest BCUT2D eigenvalue weighted by Crippen LogP contribution is -2.57. The lowest BCUT2D eigenvalue weighted by Gasteiger charge is -2.43. The van der Waals surface area contributed by atoms with Gasteiger partial charge in [0.15, 0.2) is 6.29 Å². The number of fused-ring (bicyclic) bond motifs is 1. The standard InChI is InChI=1S/C28H29ClO6/c1-2-31-22-11-8-18(9-12-22)14-21-15-19(10-13-23(21)29)16-24-26(30)27-25(35-34-24)17-32-28(33-27)20-6-4-3-5-7-20/h3-13,15,24-28,30H,2,14,16-17H2,1H3. The maximum absolute atomic E-state index is 11.1. The van der Waals surface area contributed by atoms with Crippen molar-refractivity contribution in [3.8, 4) is 5.75 Å². The summed E-state index contributed by atoms with van der Waals surface area (Å²) in [5, 5.41) is 11.8. The fraction of sp³-hybridized carbons (Fsp3) is 0.357. The molecular formula is C28H29ClO6. The quantitative estimate of drug-likeness (QED) is 0.462. The molecule has 0 aromatic heterocycles. The molecule has 5 unspecified atom stereocenters. The Morgan fingerprint density at radius 3 is 2.51 bits per heavy atom. The van der Waals surface area contributed by atoms with E-state index in [1.165, 1.54) is 0 Å². The Morgan fingerprint density at radius 1 is 0.971 bits per heavy atom. The Kier molecular flexibility index (Phi) is 7.68. The third-order valence-corrected chi connectivity index (χ3v) is 6.70. The van der Waals surface area contributed by atoms with Crippen molar-refractivity contribution in [2.24, 2.45) is 0 Å². The molecule has 0 saturated carbocycles. The highest BCUT2D eigenvalue weighted by atomic mass is 35.5. The number of benzene rings is 3. The number of aliphatic hydroxyl groups excluding tert-OH is 1. The molecule has 0 amide bonds. The van der Waals surface area contributed by atoms with Crippen LogP contribution in [0.4, 0.5) is 0 Å². The van der Waals surface area contributed by atoms with Gasteiger partial charge in [0.25, 0.3) is 0 Å². The fourth-order valence-electron chi connectivity index (χ4n) is 4.49. The van der Waals surface area contributed by atoms with Crippen molar-refractivity contribution >= 4 is 11.6 Å². The number of rotatable bonds is 7. The summed E-state index contributed by atoms with van der Waals surface area (Å²) in [5.41, 5.74) is 4.03. The van der Waals surface area contributed by atoms with Gasteiger partial charge in [-0.25, -0.2) is 9.78 Å². The van der Waals surface area contributed by atoms with E-state index >= 15 is 0 Å². The molecule has 7 heteroatoms. The Hall–Kier alpha value is -2.45. The molecule has 0 aliphatic carbocycles. The van der Waals surface area contributed by atoms with Gasteiger partial charge in [-0.1, -0.05) is 66.2 Å². The molecule has 0 radical (unpaired) electrons. The van der Waals surface area contributed by atoms with Gasteiger partial charge in [-0.3, -0.25) is 0 Å². The van der Waals surface area contributed by atoms with Gasteiger partial charge in [0.2, 0.25) is 0 Å². The van der Waals surface area contributed by atoms with E-state index in [0.29, 0.717) is 24.5 Å². The summed E-state index contributed by atoms with van der Waals surface area (Å²) in [6.07, 6.45) is -1.89. The molecule has 3 aromatic rings. The van der Waals surface area contributed by atoms with Crippen LogP contribution >= 0.6 is 11.6 Å². The average Bonchev–Trinajstić information content (AvgIpc) is 2.89. The first kappa shape index (κ1) is 24.3. The molecule has 2 fully saturated rings. The third-order valence-electron chi connectivity index (χ3n) is 6.33. The molecule has 3 aromatic carbocycles. The first-order valence-electron chi connectivity index (χ1n) is 11.9. The van der Waals surface area contributed by atoms with Gasteiger partial charge in [0, 0.05) is 17.0 Å². The number of hydrogen-bond donors (Lipinski definition) is 1. The maximum atomic E-state index is 11.1. The van der Waals surface area contributed by atoms with E-state index in [-0.39, 0.29) is 6.61 Å². The molecule has 1 N–H and O–H groups in total. The minimum Gasteiger partial charge on any atom is -0.494 e. The Morgan fingerprint density at radius 2 is 1.74 bits per heavy atom. The van der Waals surface area contributed by atoms with E-state index in [1.807, 2.05) is 73.7 Å². The Bertz CT molecular complexity index is 1110. The van der Waals surface area contributed by atoms with Crippen LogP contribution in [-0.4, -0.2) is 42.7 Å². The minimum atomic E-state index is -0.867. The van der Waals surface area contributed by atoms with Gasteiger partial charge in [-0.2, -0.15) is 0 Å². The van der Waals surface area contributed by atoms with E-state index in [4.69, 9.17) is 35.6 Å². The first-order valence-corrected chi connectivity index (χ1v) is 12.3. The summed E-state index contributed by atoms with van der Waals surface area (Å²) in [7, 11) is 0. The van der Waals surface area contributed by atoms with Crippen LogP contribution in [0.3, 0.4) is 0 Å². The van der Waals surface area contributed by atoms with E-state index < -0.39 is 30.7 Å². The largest absolute Gasteiger partial charge is 0.494 e. The predicted molar refractivity (Wildman–Crippen MR) is 131 cm³/mol. The monoisotopic (exact) mass is 496 g/mol. The lowest BCUT2D eigenvalue weighted by molar-refractivity contribution is -0.447. The van der Waals surface area contributed by atoms with E-state index in [9.17, 15) is 5.11 Å². The van der Waals surface area contributed by atoms with Crippen LogP contribution in [0, 0.1) is 0 Å². The molecule has 2 aliphatic heterocycles. The van der Waals surface area contributed by atoms with Crippen LogP contribution < -0.4 is 4.74 Å². The topological polar surface area (TPSA) is 66.4 Å². The molecule has 2 saturated heterocycles. The van der Waals surface area contributed by atoms with Gasteiger partial charge in [-0.05, 0) is 48.2 Å². The maximum Gasteiger partial charge on any atom is 0.184 e. The Balaban J connectivity index is 1.26. The van der Waals surface area contributed by atoms with Crippen molar-refractivity contribution in [2.45, 2.75) is 50.5 Å². The third kappa shape index (κ3) is 5.70. The molecular weight excluding hydrogens is 468 g/mol. The zero-order valence-corrected chi connectivity index (χ0v) is 20.3. The van der Waals surface area contributed by atoms with Crippen molar-refractivity contribution in [2.75, 3.05) is 13.2 Å². The predicted octanol–water partition coefficient (Wildman–Crippen LogP) is 5.05. The smallest absolute Gasteiger partial charge is 0.184 e. The van der Waals surface area contributed by atoms with Crippen molar-refractivity contribution in [1.82, 2.24) is 0 Å². The second-order valence-electron chi connectivity index (χ2n) is 8.82. The highest BCUT2D eigenvalue weighted by Crippen LogP contribution is 2.34. The van der Waals surface area contributed by atoms with Gasteiger partial charge in [0.05, 0.1) is 13.2 Å². The van der Waals surface area contributed by atoms with Crippen LogP contribution in [0.2, 0.25) is 5.02 Å². The average molecular weight is 497 g/mol. The summed E-state index contributed by atoms with van der Waals surface area (Å²) < 4.78 is 17.4. The summed E-state index contributed by atoms with van der Waals surface area (Å²) in [4.78, 5) is 11.1. The van der Waals surface area contributed by atoms with Crippen molar-refractivity contribution < 1.29 is 29.1 Å². The van der Waals surface area contributed by atoms with E-state index in [0.717, 1.165) is 28.0 Å². The van der Waals surface area contributed by atoms with E-state index in [1.54, 1.807) is 0 Å². The zero-order chi connectivity index (χ0) is 24.2. The molecule has 0 bridgehead atoms. The normalized spacial score (nSPS) is 26.2. The second-order valence-corrected chi connectivity index (χ2v) is 9.23. The molecule has 5 atom stereocenters. The summed E-state index contributed by atoms with van der Waals surface area (Å²) in [5.74, 6) is 0.850. The first-order chi connectivity index (χ1) is 17.1. The van der Waals surface area contributed by atoms with Crippen LogP contribution in [0.15, 0.2) is 72.8 Å². The van der Waals surface area contributed by atoms with Crippen LogP contribution in [-0.2, 0) is 32.1 Å². The summed E-state index contributed by atoms with van der Waals surface area (Å²) >= 11 is 6.50. The molecule has 5 rings (SSSR count). The van der Waals surface area contributed by atoms with Crippen molar-refractivity contribution in [3.63, 3.8) is 0 Å². The van der Waals surface area contributed by atoms with Crippen LogP contribution in [0.25, 0.3) is 0 Å². The SMILES string of the molecule is CCOc1ccc(Cc2cc(CC3OOC4COC(c5ccccc5)OC4C3O)ccc2Cl)cc1. The van der Waals surface area contributed by atoms with Gasteiger partial charge in [-0.15, -0.1) is 0 Å². The fourth-order valence-corrected chi connectivity index (χ4v) is 4.68. The minimum absolute atomic E-state index is 0.279. The molecule has 35 heavy (non-hydrogen) atoms. The number of aliphatic hydroxyl groups is 1. The highest BCUT2D eigenvalue weighted by Gasteiger charge is 2.46. The van der Waals surface area contributed by atoms with Crippen molar-refractivity contribution in [1.29, 1.82) is 0 Å². The van der Waals surface area contributed by atoms with Gasteiger partial charge in [0.1, 0.15) is 30.2 Å². The summed E-state index contributed by atoms with van der Waals surface area (Å²) in [6.45, 7) is 2.88. The zero-order valence-electron chi connectivity index (χ0n) is 19.5. The molecule has 2 heterocycles.